The highest BCUT2D eigenvalue weighted by atomic mass is 19.1. The van der Waals surface area contributed by atoms with Gasteiger partial charge >= 0.3 is 0 Å². The van der Waals surface area contributed by atoms with Crippen LogP contribution >= 0.6 is 0 Å². The Morgan fingerprint density at radius 3 is 2.06 bits per heavy atom. The maximum atomic E-state index is 13.5. The normalized spacial score (nSPS) is 15.7. The van der Waals surface area contributed by atoms with Crippen molar-refractivity contribution < 1.29 is 13.9 Å². The van der Waals surface area contributed by atoms with Crippen molar-refractivity contribution in [3.63, 3.8) is 0 Å². The van der Waals surface area contributed by atoms with E-state index in [0.29, 0.717) is 0 Å². The second-order valence-corrected chi connectivity index (χ2v) is 4.90. The summed E-state index contributed by atoms with van der Waals surface area (Å²) in [6, 6.07) is 3.01. The fraction of sp³-hybridized carbons (Fsp3) is 0.538. The number of hydrogen-bond donors (Lipinski definition) is 2. The lowest BCUT2D eigenvalue weighted by Gasteiger charge is -2.30. The van der Waals surface area contributed by atoms with Gasteiger partial charge in [-0.2, -0.15) is 0 Å². The Bertz CT molecular complexity index is 367. The second-order valence-electron chi connectivity index (χ2n) is 4.90. The van der Waals surface area contributed by atoms with E-state index < -0.39 is 23.3 Å². The molecular formula is C13H19F2NO. The van der Waals surface area contributed by atoms with E-state index in [1.165, 1.54) is 18.2 Å². The lowest BCUT2D eigenvalue weighted by molar-refractivity contribution is 0.0402. The zero-order chi connectivity index (χ0) is 13.2. The first-order valence-electron chi connectivity index (χ1n) is 5.65. The van der Waals surface area contributed by atoms with E-state index >= 15 is 0 Å². The molecule has 0 aromatic heterocycles. The number of hydrogen-bond acceptors (Lipinski definition) is 2. The van der Waals surface area contributed by atoms with Crippen LogP contribution in [0.2, 0.25) is 0 Å². The topological polar surface area (TPSA) is 32.3 Å². The third-order valence-electron chi connectivity index (χ3n) is 2.99. The molecule has 2 unspecified atom stereocenters. The molecule has 2 N–H and O–H groups in total. The van der Waals surface area contributed by atoms with Gasteiger partial charge in [-0.05, 0) is 39.8 Å². The van der Waals surface area contributed by atoms with Crippen LogP contribution in [-0.2, 0) is 0 Å². The molecular weight excluding hydrogens is 224 g/mol. The van der Waals surface area contributed by atoms with Crippen LogP contribution in [0.25, 0.3) is 0 Å². The zero-order valence-corrected chi connectivity index (χ0v) is 10.6. The molecule has 0 spiro atoms. The third-order valence-corrected chi connectivity index (χ3v) is 2.99. The molecule has 0 aliphatic carbocycles. The van der Waals surface area contributed by atoms with Gasteiger partial charge < -0.3 is 10.4 Å². The Morgan fingerprint density at radius 1 is 1.18 bits per heavy atom. The molecule has 1 rings (SSSR count). The van der Waals surface area contributed by atoms with E-state index in [9.17, 15) is 13.9 Å². The number of halogens is 2. The smallest absolute Gasteiger partial charge is 0.130 e. The van der Waals surface area contributed by atoms with Crippen LogP contribution in [0.3, 0.4) is 0 Å². The van der Waals surface area contributed by atoms with Crippen molar-refractivity contribution >= 4 is 0 Å². The summed E-state index contributed by atoms with van der Waals surface area (Å²) >= 11 is 0. The first-order valence-corrected chi connectivity index (χ1v) is 5.65. The molecule has 0 aliphatic heterocycles. The molecule has 1 aromatic rings. The molecule has 0 saturated heterocycles. The van der Waals surface area contributed by atoms with Crippen LogP contribution < -0.4 is 5.32 Å². The van der Waals surface area contributed by atoms with Crippen LogP contribution in [0, 0.1) is 11.6 Å². The van der Waals surface area contributed by atoms with Crippen molar-refractivity contribution in [3.8, 4) is 0 Å². The van der Waals surface area contributed by atoms with Crippen LogP contribution in [0.15, 0.2) is 18.2 Å². The van der Waals surface area contributed by atoms with E-state index in [1.807, 2.05) is 0 Å². The molecule has 0 fully saturated rings. The summed E-state index contributed by atoms with van der Waals surface area (Å²) in [6.07, 6.45) is 0. The zero-order valence-electron chi connectivity index (χ0n) is 10.6. The summed E-state index contributed by atoms with van der Waals surface area (Å²) in [5.41, 5.74) is -0.945. The minimum absolute atomic E-state index is 0.00333. The highest BCUT2D eigenvalue weighted by Gasteiger charge is 2.25. The number of benzene rings is 1. The summed E-state index contributed by atoms with van der Waals surface area (Å²) in [7, 11) is 0. The van der Waals surface area contributed by atoms with Crippen molar-refractivity contribution in [2.75, 3.05) is 0 Å². The molecule has 96 valence electrons. The number of aliphatic hydroxyl groups is 1. The van der Waals surface area contributed by atoms with E-state index in [2.05, 4.69) is 5.32 Å². The van der Waals surface area contributed by atoms with Crippen LogP contribution in [0.5, 0.6) is 0 Å². The van der Waals surface area contributed by atoms with Gasteiger partial charge in [0.15, 0.2) is 0 Å². The van der Waals surface area contributed by atoms with Crippen LogP contribution in [0.4, 0.5) is 8.78 Å². The van der Waals surface area contributed by atoms with Gasteiger partial charge in [0.05, 0.1) is 5.60 Å². The lowest BCUT2D eigenvalue weighted by Crippen LogP contribution is -2.45. The minimum atomic E-state index is -0.948. The fourth-order valence-electron chi connectivity index (χ4n) is 1.59. The largest absolute Gasteiger partial charge is 0.389 e. The number of nitrogens with one attached hydrogen (secondary N) is 1. The molecule has 4 heteroatoms. The van der Waals surface area contributed by atoms with Crippen molar-refractivity contribution in [2.45, 2.75) is 45.4 Å². The van der Waals surface area contributed by atoms with Gasteiger partial charge in [0, 0.05) is 17.6 Å². The van der Waals surface area contributed by atoms with E-state index in [-0.39, 0.29) is 11.6 Å². The Balaban J connectivity index is 2.87. The van der Waals surface area contributed by atoms with Gasteiger partial charge in [-0.25, -0.2) is 8.78 Å². The van der Waals surface area contributed by atoms with Crippen molar-refractivity contribution in [3.05, 3.63) is 35.4 Å². The second kappa shape index (κ2) is 5.10. The van der Waals surface area contributed by atoms with Crippen LogP contribution in [-0.4, -0.2) is 16.7 Å². The van der Waals surface area contributed by atoms with E-state index in [1.54, 1.807) is 27.7 Å². The Labute approximate surface area is 101 Å². The molecule has 0 saturated carbocycles. The van der Waals surface area contributed by atoms with Crippen molar-refractivity contribution in [2.24, 2.45) is 0 Å². The van der Waals surface area contributed by atoms with Gasteiger partial charge in [0.2, 0.25) is 0 Å². The molecule has 2 nitrogen and oxygen atoms in total. The number of rotatable bonds is 4. The molecule has 2 atom stereocenters. The summed E-state index contributed by atoms with van der Waals surface area (Å²) in [5.74, 6) is -1.15. The molecule has 1 aromatic carbocycles. The Kier molecular flexibility index (Phi) is 4.22. The summed E-state index contributed by atoms with van der Waals surface area (Å²) < 4.78 is 27.0. The van der Waals surface area contributed by atoms with Gasteiger partial charge in [0.25, 0.3) is 0 Å². The summed E-state index contributed by atoms with van der Waals surface area (Å²) in [4.78, 5) is 0. The standard InChI is InChI=1S/C13H19F2NO/c1-8(16-9(2)13(3,4)17)12-10(14)6-5-7-11(12)15/h5-9,16-17H,1-4H3. The van der Waals surface area contributed by atoms with E-state index in [4.69, 9.17) is 0 Å². The van der Waals surface area contributed by atoms with Crippen molar-refractivity contribution in [1.29, 1.82) is 0 Å². The highest BCUT2D eigenvalue weighted by molar-refractivity contribution is 5.23. The van der Waals surface area contributed by atoms with Gasteiger partial charge in [-0.3, -0.25) is 0 Å². The first-order chi connectivity index (χ1) is 7.73. The monoisotopic (exact) mass is 243 g/mol. The average Bonchev–Trinajstić information content (AvgIpc) is 2.15. The maximum Gasteiger partial charge on any atom is 0.130 e. The Hall–Kier alpha value is -1.00. The molecule has 0 radical (unpaired) electrons. The first kappa shape index (κ1) is 14.1. The van der Waals surface area contributed by atoms with E-state index in [0.717, 1.165) is 0 Å². The quantitative estimate of drug-likeness (QED) is 0.852. The van der Waals surface area contributed by atoms with Crippen molar-refractivity contribution in [1.82, 2.24) is 5.32 Å². The summed E-state index contributed by atoms with van der Waals surface area (Å²) in [6.45, 7) is 6.74. The average molecular weight is 243 g/mol. The van der Waals surface area contributed by atoms with Gasteiger partial charge in [-0.1, -0.05) is 6.07 Å². The van der Waals surface area contributed by atoms with Gasteiger partial charge in [0.1, 0.15) is 11.6 Å². The fourth-order valence-corrected chi connectivity index (χ4v) is 1.59. The maximum absolute atomic E-state index is 13.5. The molecule has 0 heterocycles. The third kappa shape index (κ3) is 3.48. The SMILES string of the molecule is CC(NC(C)C(C)(C)O)c1c(F)cccc1F. The molecule has 0 aliphatic rings. The predicted octanol–water partition coefficient (Wildman–Crippen LogP) is 2.77. The molecule has 17 heavy (non-hydrogen) atoms. The summed E-state index contributed by atoms with van der Waals surface area (Å²) in [5, 5.41) is 12.8. The molecule has 0 amide bonds. The lowest BCUT2D eigenvalue weighted by atomic mass is 9.98. The minimum Gasteiger partial charge on any atom is -0.389 e. The highest BCUT2D eigenvalue weighted by Crippen LogP contribution is 2.22. The molecule has 0 bridgehead atoms. The predicted molar refractivity (Wildman–Crippen MR) is 63.7 cm³/mol. The van der Waals surface area contributed by atoms with Crippen LogP contribution in [0.1, 0.15) is 39.3 Å². The van der Waals surface area contributed by atoms with Gasteiger partial charge in [-0.15, -0.1) is 0 Å². The Morgan fingerprint density at radius 2 is 1.65 bits per heavy atom.